The molecule has 1 aliphatic heterocycles. The van der Waals surface area contributed by atoms with E-state index in [0.717, 1.165) is 61.7 Å². The fraction of sp³-hybridized carbons (Fsp3) is 0.458. The van der Waals surface area contributed by atoms with Gasteiger partial charge in [0.2, 0.25) is 5.91 Å². The summed E-state index contributed by atoms with van der Waals surface area (Å²) in [6.07, 6.45) is 2.82. The normalized spacial score (nSPS) is 16.7. The SMILES string of the molecule is CC(C)c1nc2ccccc2n1C(C)C(=O)N1CCCN(Cc2ccccn2)CC1. The molecule has 3 aromatic rings. The van der Waals surface area contributed by atoms with Crippen molar-refractivity contribution in [2.24, 2.45) is 0 Å². The number of benzene rings is 1. The lowest BCUT2D eigenvalue weighted by atomic mass is 10.1. The van der Waals surface area contributed by atoms with Crippen LogP contribution in [0.2, 0.25) is 0 Å². The van der Waals surface area contributed by atoms with Crippen molar-refractivity contribution in [1.82, 2.24) is 24.3 Å². The number of imidazole rings is 1. The Balaban J connectivity index is 1.49. The van der Waals surface area contributed by atoms with E-state index >= 15 is 0 Å². The van der Waals surface area contributed by atoms with Crippen LogP contribution in [0, 0.1) is 0 Å². The molecule has 1 fully saturated rings. The fourth-order valence-corrected chi connectivity index (χ4v) is 4.32. The molecule has 0 radical (unpaired) electrons. The predicted octanol–water partition coefficient (Wildman–Crippen LogP) is 3.85. The Kier molecular flexibility index (Phi) is 6.13. The Labute approximate surface area is 178 Å². The molecule has 0 aliphatic carbocycles. The van der Waals surface area contributed by atoms with Crippen LogP contribution in [0.25, 0.3) is 11.0 Å². The van der Waals surface area contributed by atoms with Crippen LogP contribution in [0.4, 0.5) is 0 Å². The van der Waals surface area contributed by atoms with Crippen molar-refractivity contribution >= 4 is 16.9 Å². The van der Waals surface area contributed by atoms with Gasteiger partial charge in [0.05, 0.1) is 16.7 Å². The molecular formula is C24H31N5O. The number of hydrogen-bond acceptors (Lipinski definition) is 4. The van der Waals surface area contributed by atoms with Crippen molar-refractivity contribution in [2.75, 3.05) is 26.2 Å². The summed E-state index contributed by atoms with van der Waals surface area (Å²) < 4.78 is 2.14. The second-order valence-corrected chi connectivity index (χ2v) is 8.44. The van der Waals surface area contributed by atoms with Gasteiger partial charge in [-0.2, -0.15) is 0 Å². The Hall–Kier alpha value is -2.73. The average Bonchev–Trinajstić information content (AvgIpc) is 3.00. The first-order valence-corrected chi connectivity index (χ1v) is 10.9. The number of rotatable bonds is 5. The number of nitrogens with zero attached hydrogens (tertiary/aromatic N) is 5. The smallest absolute Gasteiger partial charge is 0.245 e. The van der Waals surface area contributed by atoms with Gasteiger partial charge >= 0.3 is 0 Å². The van der Waals surface area contributed by atoms with Gasteiger partial charge in [0.15, 0.2) is 0 Å². The molecule has 6 nitrogen and oxygen atoms in total. The van der Waals surface area contributed by atoms with Crippen LogP contribution >= 0.6 is 0 Å². The van der Waals surface area contributed by atoms with Crippen molar-refractivity contribution in [3.63, 3.8) is 0 Å². The molecule has 4 rings (SSSR count). The van der Waals surface area contributed by atoms with Crippen molar-refractivity contribution in [2.45, 2.75) is 45.7 Å². The van der Waals surface area contributed by atoms with E-state index in [4.69, 9.17) is 4.98 Å². The Morgan fingerprint density at radius 1 is 1.00 bits per heavy atom. The van der Waals surface area contributed by atoms with Gasteiger partial charge < -0.3 is 9.47 Å². The molecule has 1 unspecified atom stereocenters. The zero-order chi connectivity index (χ0) is 21.1. The number of aromatic nitrogens is 3. The largest absolute Gasteiger partial charge is 0.340 e. The summed E-state index contributed by atoms with van der Waals surface area (Å²) >= 11 is 0. The fourth-order valence-electron chi connectivity index (χ4n) is 4.32. The monoisotopic (exact) mass is 405 g/mol. The summed E-state index contributed by atoms with van der Waals surface area (Å²) in [6.45, 7) is 10.5. The zero-order valence-electron chi connectivity index (χ0n) is 18.2. The van der Waals surface area contributed by atoms with Crippen LogP contribution in [0.15, 0.2) is 48.7 Å². The van der Waals surface area contributed by atoms with Gasteiger partial charge in [-0.25, -0.2) is 4.98 Å². The van der Waals surface area contributed by atoms with Crippen molar-refractivity contribution < 1.29 is 4.79 Å². The highest BCUT2D eigenvalue weighted by atomic mass is 16.2. The van der Waals surface area contributed by atoms with Gasteiger partial charge in [-0.1, -0.05) is 32.0 Å². The highest BCUT2D eigenvalue weighted by Gasteiger charge is 2.28. The third kappa shape index (κ3) is 4.24. The maximum atomic E-state index is 13.5. The van der Waals surface area contributed by atoms with E-state index in [0.29, 0.717) is 0 Å². The molecule has 158 valence electrons. The van der Waals surface area contributed by atoms with Crippen molar-refractivity contribution in [3.05, 3.63) is 60.2 Å². The number of pyridine rings is 1. The third-order valence-corrected chi connectivity index (χ3v) is 5.90. The molecule has 3 heterocycles. The standard InChI is InChI=1S/C24H31N5O/c1-18(2)23-26-21-10-4-5-11-22(21)29(23)19(3)24(30)28-14-8-13-27(15-16-28)17-20-9-6-7-12-25-20/h4-7,9-12,18-19H,8,13-17H2,1-3H3. The minimum atomic E-state index is -0.267. The van der Waals surface area contributed by atoms with Crippen LogP contribution in [0.3, 0.4) is 0 Å². The molecule has 30 heavy (non-hydrogen) atoms. The van der Waals surface area contributed by atoms with E-state index in [1.54, 1.807) is 0 Å². The van der Waals surface area contributed by atoms with Crippen LogP contribution in [0.1, 0.15) is 50.7 Å². The van der Waals surface area contributed by atoms with Crippen molar-refractivity contribution in [3.8, 4) is 0 Å². The maximum absolute atomic E-state index is 13.5. The molecule has 1 atom stereocenters. The van der Waals surface area contributed by atoms with Crippen LogP contribution in [0.5, 0.6) is 0 Å². The molecule has 1 aromatic carbocycles. The number of para-hydroxylation sites is 2. The molecule has 6 heteroatoms. The zero-order valence-corrected chi connectivity index (χ0v) is 18.2. The third-order valence-electron chi connectivity index (χ3n) is 5.90. The van der Waals surface area contributed by atoms with E-state index in [-0.39, 0.29) is 17.9 Å². The average molecular weight is 406 g/mol. The molecule has 2 aromatic heterocycles. The lowest BCUT2D eigenvalue weighted by Crippen LogP contribution is -2.39. The molecule has 1 amide bonds. The first-order chi connectivity index (χ1) is 14.5. The summed E-state index contributed by atoms with van der Waals surface area (Å²) in [4.78, 5) is 27.2. The highest BCUT2D eigenvalue weighted by Crippen LogP contribution is 2.27. The van der Waals surface area contributed by atoms with Gasteiger partial charge in [-0.15, -0.1) is 0 Å². The van der Waals surface area contributed by atoms with E-state index in [2.05, 4.69) is 40.4 Å². The second-order valence-electron chi connectivity index (χ2n) is 8.44. The summed E-state index contributed by atoms with van der Waals surface area (Å²) in [5.74, 6) is 1.41. The Morgan fingerprint density at radius 2 is 1.80 bits per heavy atom. The van der Waals surface area contributed by atoms with Crippen LogP contribution < -0.4 is 0 Å². The lowest BCUT2D eigenvalue weighted by molar-refractivity contribution is -0.134. The molecule has 0 spiro atoms. The lowest BCUT2D eigenvalue weighted by Gasteiger charge is -2.27. The van der Waals surface area contributed by atoms with Gasteiger partial charge in [0, 0.05) is 44.8 Å². The maximum Gasteiger partial charge on any atom is 0.245 e. The van der Waals surface area contributed by atoms with E-state index < -0.39 is 0 Å². The number of carbonyl (C=O) groups is 1. The number of fused-ring (bicyclic) bond motifs is 1. The first kappa shape index (κ1) is 20.5. The number of carbonyl (C=O) groups excluding carboxylic acids is 1. The Morgan fingerprint density at radius 3 is 2.57 bits per heavy atom. The molecule has 0 saturated carbocycles. The van der Waals surface area contributed by atoms with E-state index in [1.807, 2.05) is 48.4 Å². The van der Waals surface area contributed by atoms with Gasteiger partial charge in [0.25, 0.3) is 0 Å². The minimum absolute atomic E-state index is 0.180. The molecule has 0 bridgehead atoms. The number of amides is 1. The quantitative estimate of drug-likeness (QED) is 0.647. The van der Waals surface area contributed by atoms with E-state index in [9.17, 15) is 4.79 Å². The Bertz CT molecular complexity index is 997. The van der Waals surface area contributed by atoms with Gasteiger partial charge in [-0.3, -0.25) is 14.7 Å². The second kappa shape index (κ2) is 8.96. The molecular weight excluding hydrogens is 374 g/mol. The summed E-state index contributed by atoms with van der Waals surface area (Å²) in [7, 11) is 0. The summed E-state index contributed by atoms with van der Waals surface area (Å²) in [5, 5.41) is 0. The van der Waals surface area contributed by atoms with Gasteiger partial charge in [-0.05, 0) is 37.6 Å². The molecule has 1 aliphatic rings. The van der Waals surface area contributed by atoms with Crippen LogP contribution in [-0.4, -0.2) is 56.4 Å². The number of hydrogen-bond donors (Lipinski definition) is 0. The topological polar surface area (TPSA) is 54.3 Å². The molecule has 1 saturated heterocycles. The first-order valence-electron chi connectivity index (χ1n) is 10.9. The summed E-state index contributed by atoms with van der Waals surface area (Å²) in [6, 6.07) is 13.9. The van der Waals surface area contributed by atoms with Crippen LogP contribution in [-0.2, 0) is 11.3 Å². The highest BCUT2D eigenvalue weighted by molar-refractivity contribution is 5.84. The van der Waals surface area contributed by atoms with Gasteiger partial charge in [0.1, 0.15) is 11.9 Å². The van der Waals surface area contributed by atoms with E-state index in [1.165, 1.54) is 0 Å². The minimum Gasteiger partial charge on any atom is -0.340 e. The van der Waals surface area contributed by atoms with Crippen molar-refractivity contribution in [1.29, 1.82) is 0 Å². The summed E-state index contributed by atoms with van der Waals surface area (Å²) in [5.41, 5.74) is 3.07. The predicted molar refractivity (Wildman–Crippen MR) is 119 cm³/mol. The molecule has 0 N–H and O–H groups in total.